The molecule has 3 N–H and O–H groups in total. The van der Waals surface area contributed by atoms with Crippen molar-refractivity contribution in [2.75, 3.05) is 6.54 Å². The molecule has 2 amide bonds. The molecule has 0 aliphatic heterocycles. The molecule has 0 aliphatic carbocycles. The molecule has 0 bridgehead atoms. The predicted molar refractivity (Wildman–Crippen MR) is 82.6 cm³/mol. The minimum Gasteiger partial charge on any atom is -0.478 e. The largest absolute Gasteiger partial charge is 0.478 e. The first-order valence-corrected chi connectivity index (χ1v) is 7.29. The summed E-state index contributed by atoms with van der Waals surface area (Å²) in [6.45, 7) is 6.48. The summed E-state index contributed by atoms with van der Waals surface area (Å²) in [5.74, 6) is -0.945. The molecule has 1 aromatic rings. The highest BCUT2D eigenvalue weighted by Gasteiger charge is 2.21. The van der Waals surface area contributed by atoms with E-state index in [1.54, 1.807) is 24.3 Å². The van der Waals surface area contributed by atoms with Crippen molar-refractivity contribution >= 4 is 12.0 Å². The number of nitrogens with one attached hydrogen (secondary N) is 2. The second-order valence-electron chi connectivity index (χ2n) is 5.36. The first-order valence-electron chi connectivity index (χ1n) is 7.29. The lowest BCUT2D eigenvalue weighted by atomic mass is 9.96. The van der Waals surface area contributed by atoms with E-state index in [0.717, 1.165) is 18.4 Å². The molecule has 21 heavy (non-hydrogen) atoms. The number of hydrogen-bond donors (Lipinski definition) is 3. The molecule has 0 unspecified atom stereocenters. The molecule has 0 atom stereocenters. The summed E-state index contributed by atoms with van der Waals surface area (Å²) >= 11 is 0. The molecule has 0 radical (unpaired) electrons. The zero-order valence-corrected chi connectivity index (χ0v) is 12.9. The van der Waals surface area contributed by atoms with E-state index in [4.69, 9.17) is 5.11 Å². The van der Waals surface area contributed by atoms with E-state index in [1.165, 1.54) is 0 Å². The summed E-state index contributed by atoms with van der Waals surface area (Å²) < 4.78 is 0. The Labute approximate surface area is 125 Å². The maximum Gasteiger partial charge on any atom is 0.335 e. The highest BCUT2D eigenvalue weighted by molar-refractivity contribution is 5.89. The van der Waals surface area contributed by atoms with E-state index in [9.17, 15) is 9.59 Å². The van der Waals surface area contributed by atoms with Crippen LogP contribution in [-0.4, -0.2) is 29.2 Å². The Bertz CT molecular complexity index is 496. The van der Waals surface area contributed by atoms with Crippen LogP contribution in [0.1, 0.15) is 49.5 Å². The molecule has 5 nitrogen and oxygen atoms in total. The topological polar surface area (TPSA) is 78.4 Å². The molecule has 1 aromatic carbocycles. The lowest BCUT2D eigenvalue weighted by molar-refractivity contribution is 0.0695. The van der Waals surface area contributed by atoms with Crippen molar-refractivity contribution in [2.45, 2.75) is 45.6 Å². The number of amides is 2. The van der Waals surface area contributed by atoms with Gasteiger partial charge in [0.05, 0.1) is 5.56 Å². The minimum atomic E-state index is -0.945. The van der Waals surface area contributed by atoms with Gasteiger partial charge in [-0.1, -0.05) is 32.0 Å². The molecule has 0 fully saturated rings. The van der Waals surface area contributed by atoms with Crippen LogP contribution in [0.2, 0.25) is 0 Å². The molecule has 0 spiro atoms. The Kier molecular flexibility index (Phi) is 6.21. The Morgan fingerprint density at radius 2 is 1.81 bits per heavy atom. The Morgan fingerprint density at radius 3 is 2.38 bits per heavy atom. The van der Waals surface area contributed by atoms with Crippen LogP contribution in [0.25, 0.3) is 0 Å². The van der Waals surface area contributed by atoms with Gasteiger partial charge in [-0.2, -0.15) is 0 Å². The van der Waals surface area contributed by atoms with E-state index in [1.807, 2.05) is 20.8 Å². The second kappa shape index (κ2) is 7.67. The third-order valence-electron chi connectivity index (χ3n) is 3.90. The van der Waals surface area contributed by atoms with E-state index in [0.29, 0.717) is 13.0 Å². The number of carboxylic acids is 1. The minimum absolute atomic E-state index is 0.205. The van der Waals surface area contributed by atoms with Crippen molar-refractivity contribution in [3.05, 3.63) is 35.4 Å². The Balaban J connectivity index is 2.51. The average molecular weight is 292 g/mol. The summed E-state index contributed by atoms with van der Waals surface area (Å²) in [4.78, 5) is 22.9. The van der Waals surface area contributed by atoms with Crippen LogP contribution in [0.4, 0.5) is 4.79 Å². The van der Waals surface area contributed by atoms with Crippen LogP contribution in [-0.2, 0) is 6.42 Å². The number of carboxylic acid groups (broad SMARTS) is 1. The number of benzene rings is 1. The van der Waals surface area contributed by atoms with Gasteiger partial charge in [0.25, 0.3) is 0 Å². The van der Waals surface area contributed by atoms with E-state index in [-0.39, 0.29) is 17.1 Å². The number of hydrogen-bond acceptors (Lipinski definition) is 2. The van der Waals surface area contributed by atoms with Crippen molar-refractivity contribution in [2.24, 2.45) is 0 Å². The second-order valence-corrected chi connectivity index (χ2v) is 5.36. The van der Waals surface area contributed by atoms with Gasteiger partial charge in [0, 0.05) is 12.1 Å². The van der Waals surface area contributed by atoms with Crippen molar-refractivity contribution in [3.63, 3.8) is 0 Å². The molecular formula is C16H24N2O3. The number of carbonyl (C=O) groups is 2. The molecule has 1 rings (SSSR count). The number of aromatic carboxylic acids is 1. The van der Waals surface area contributed by atoms with E-state index in [2.05, 4.69) is 10.6 Å². The van der Waals surface area contributed by atoms with Gasteiger partial charge in [-0.25, -0.2) is 9.59 Å². The molecular weight excluding hydrogens is 268 g/mol. The number of urea groups is 1. The first kappa shape index (κ1) is 17.0. The maximum absolute atomic E-state index is 11.8. The molecule has 0 heterocycles. The summed E-state index contributed by atoms with van der Waals surface area (Å²) in [6.07, 6.45) is 2.21. The summed E-state index contributed by atoms with van der Waals surface area (Å²) in [7, 11) is 0. The van der Waals surface area contributed by atoms with Crippen LogP contribution in [0.3, 0.4) is 0 Å². The fraction of sp³-hybridized carbons (Fsp3) is 0.500. The zero-order valence-electron chi connectivity index (χ0n) is 12.9. The van der Waals surface area contributed by atoms with Crippen LogP contribution >= 0.6 is 0 Å². The monoisotopic (exact) mass is 292 g/mol. The molecule has 5 heteroatoms. The standard InChI is InChI=1S/C16H24N2O3/c1-4-16(3,5-2)18-15(21)17-11-10-12-8-6-7-9-13(12)14(19)20/h6-9H,4-5,10-11H2,1-3H3,(H,19,20)(H2,17,18,21). The molecule has 0 aromatic heterocycles. The van der Waals surface area contributed by atoms with Gasteiger partial charge in [0.1, 0.15) is 0 Å². The molecule has 0 aliphatic rings. The average Bonchev–Trinajstić information content (AvgIpc) is 2.47. The number of carbonyl (C=O) groups excluding carboxylic acids is 1. The van der Waals surface area contributed by atoms with Gasteiger partial charge < -0.3 is 15.7 Å². The normalized spacial score (nSPS) is 11.0. The molecule has 0 saturated heterocycles. The van der Waals surface area contributed by atoms with Crippen LogP contribution in [0.15, 0.2) is 24.3 Å². The lowest BCUT2D eigenvalue weighted by Crippen LogP contribution is -2.49. The van der Waals surface area contributed by atoms with Crippen molar-refractivity contribution < 1.29 is 14.7 Å². The van der Waals surface area contributed by atoms with Crippen LogP contribution < -0.4 is 10.6 Å². The van der Waals surface area contributed by atoms with E-state index >= 15 is 0 Å². The SMILES string of the molecule is CCC(C)(CC)NC(=O)NCCc1ccccc1C(=O)O. The summed E-state index contributed by atoms with van der Waals surface area (Å²) in [5, 5.41) is 14.8. The van der Waals surface area contributed by atoms with Crippen molar-refractivity contribution in [3.8, 4) is 0 Å². The van der Waals surface area contributed by atoms with Gasteiger partial charge in [-0.05, 0) is 37.8 Å². The van der Waals surface area contributed by atoms with Gasteiger partial charge in [-0.3, -0.25) is 0 Å². The third kappa shape index (κ3) is 5.10. The van der Waals surface area contributed by atoms with Crippen LogP contribution in [0, 0.1) is 0 Å². The highest BCUT2D eigenvalue weighted by Crippen LogP contribution is 2.13. The maximum atomic E-state index is 11.8. The first-order chi connectivity index (χ1) is 9.91. The number of rotatable bonds is 7. The summed E-state index contributed by atoms with van der Waals surface area (Å²) in [6, 6.07) is 6.62. The fourth-order valence-electron chi connectivity index (χ4n) is 2.00. The van der Waals surface area contributed by atoms with Crippen LogP contribution in [0.5, 0.6) is 0 Å². The zero-order chi connectivity index (χ0) is 15.9. The van der Waals surface area contributed by atoms with Gasteiger partial charge >= 0.3 is 12.0 Å². The molecule has 116 valence electrons. The van der Waals surface area contributed by atoms with Gasteiger partial charge in [0.2, 0.25) is 0 Å². The Morgan fingerprint density at radius 1 is 1.19 bits per heavy atom. The quantitative estimate of drug-likeness (QED) is 0.723. The van der Waals surface area contributed by atoms with Gasteiger partial charge in [-0.15, -0.1) is 0 Å². The van der Waals surface area contributed by atoms with E-state index < -0.39 is 5.97 Å². The summed E-state index contributed by atoms with van der Waals surface area (Å²) in [5.41, 5.74) is 0.800. The van der Waals surface area contributed by atoms with Crippen molar-refractivity contribution in [1.82, 2.24) is 10.6 Å². The van der Waals surface area contributed by atoms with Gasteiger partial charge in [0.15, 0.2) is 0 Å². The Hall–Kier alpha value is -2.04. The lowest BCUT2D eigenvalue weighted by Gasteiger charge is -2.28. The predicted octanol–water partition coefficient (Wildman–Crippen LogP) is 2.81. The fourth-order valence-corrected chi connectivity index (χ4v) is 2.00. The third-order valence-corrected chi connectivity index (χ3v) is 3.90. The highest BCUT2D eigenvalue weighted by atomic mass is 16.4. The smallest absolute Gasteiger partial charge is 0.335 e. The van der Waals surface area contributed by atoms with Crippen molar-refractivity contribution in [1.29, 1.82) is 0 Å². The molecule has 0 saturated carbocycles.